The van der Waals surface area contributed by atoms with Crippen molar-refractivity contribution in [3.63, 3.8) is 0 Å². The van der Waals surface area contributed by atoms with Gasteiger partial charge in [-0.25, -0.2) is 0 Å². The monoisotopic (exact) mass is 210 g/mol. The van der Waals surface area contributed by atoms with Crippen LogP contribution in [-0.2, 0) is 0 Å². The van der Waals surface area contributed by atoms with Crippen LogP contribution < -0.4 is 5.32 Å². The van der Waals surface area contributed by atoms with Gasteiger partial charge in [0, 0.05) is 19.1 Å². The number of nitrogens with zero attached hydrogens (tertiary/aromatic N) is 1. The molecule has 1 saturated heterocycles. The van der Waals surface area contributed by atoms with Crippen molar-refractivity contribution in [2.75, 3.05) is 26.2 Å². The second-order valence-corrected chi connectivity index (χ2v) is 5.41. The second-order valence-electron chi connectivity index (χ2n) is 5.41. The van der Waals surface area contributed by atoms with Crippen LogP contribution in [0, 0.1) is 11.8 Å². The van der Waals surface area contributed by atoms with Gasteiger partial charge in [-0.1, -0.05) is 20.3 Å². The van der Waals surface area contributed by atoms with Crippen LogP contribution in [0.15, 0.2) is 0 Å². The summed E-state index contributed by atoms with van der Waals surface area (Å²) < 4.78 is 0. The molecule has 2 heteroatoms. The summed E-state index contributed by atoms with van der Waals surface area (Å²) in [6.45, 7) is 9.73. The Kier molecular flexibility index (Phi) is 4.04. The van der Waals surface area contributed by atoms with E-state index >= 15 is 0 Å². The maximum absolute atomic E-state index is 3.77. The largest absolute Gasteiger partial charge is 0.312 e. The lowest BCUT2D eigenvalue weighted by Crippen LogP contribution is -2.49. The minimum atomic E-state index is 0.768. The SMILES string of the molecule is CCC1CC(NCC2CC2)CN(CC)C1. The van der Waals surface area contributed by atoms with Crippen molar-refractivity contribution in [1.82, 2.24) is 10.2 Å². The first-order chi connectivity index (χ1) is 7.31. The zero-order valence-electron chi connectivity index (χ0n) is 10.3. The third kappa shape index (κ3) is 3.46. The Morgan fingerprint density at radius 2 is 1.93 bits per heavy atom. The first-order valence-corrected chi connectivity index (χ1v) is 6.77. The molecule has 2 unspecified atom stereocenters. The van der Waals surface area contributed by atoms with E-state index in [1.54, 1.807) is 0 Å². The fraction of sp³-hybridized carbons (Fsp3) is 1.00. The molecule has 0 aromatic rings. The van der Waals surface area contributed by atoms with Crippen LogP contribution in [0.1, 0.15) is 39.5 Å². The molecule has 0 spiro atoms. The van der Waals surface area contributed by atoms with E-state index in [9.17, 15) is 0 Å². The molecule has 88 valence electrons. The van der Waals surface area contributed by atoms with Crippen molar-refractivity contribution in [2.24, 2.45) is 11.8 Å². The van der Waals surface area contributed by atoms with Gasteiger partial charge in [-0.3, -0.25) is 0 Å². The zero-order valence-corrected chi connectivity index (χ0v) is 10.3. The Morgan fingerprint density at radius 1 is 1.13 bits per heavy atom. The minimum Gasteiger partial charge on any atom is -0.312 e. The molecular weight excluding hydrogens is 184 g/mol. The highest BCUT2D eigenvalue weighted by atomic mass is 15.2. The summed E-state index contributed by atoms with van der Waals surface area (Å²) in [7, 11) is 0. The van der Waals surface area contributed by atoms with Gasteiger partial charge in [0.05, 0.1) is 0 Å². The fourth-order valence-electron chi connectivity index (χ4n) is 2.66. The zero-order chi connectivity index (χ0) is 10.7. The van der Waals surface area contributed by atoms with Crippen LogP contribution in [0.25, 0.3) is 0 Å². The third-order valence-corrected chi connectivity index (χ3v) is 4.03. The summed E-state index contributed by atoms with van der Waals surface area (Å²) in [4.78, 5) is 2.61. The molecule has 1 heterocycles. The molecule has 2 aliphatic rings. The number of hydrogen-bond acceptors (Lipinski definition) is 2. The summed E-state index contributed by atoms with van der Waals surface area (Å²) in [5.74, 6) is 1.94. The van der Waals surface area contributed by atoms with Gasteiger partial charge in [0.15, 0.2) is 0 Å². The molecule has 2 fully saturated rings. The molecule has 2 atom stereocenters. The maximum Gasteiger partial charge on any atom is 0.0198 e. The van der Waals surface area contributed by atoms with Crippen molar-refractivity contribution in [2.45, 2.75) is 45.6 Å². The Morgan fingerprint density at radius 3 is 2.53 bits per heavy atom. The number of piperidine rings is 1. The number of rotatable bonds is 5. The van der Waals surface area contributed by atoms with Gasteiger partial charge in [-0.2, -0.15) is 0 Å². The first-order valence-electron chi connectivity index (χ1n) is 6.77. The van der Waals surface area contributed by atoms with E-state index in [0.717, 1.165) is 17.9 Å². The van der Waals surface area contributed by atoms with E-state index in [2.05, 4.69) is 24.1 Å². The van der Waals surface area contributed by atoms with Crippen LogP contribution in [0.5, 0.6) is 0 Å². The highest BCUT2D eigenvalue weighted by molar-refractivity contribution is 4.85. The molecule has 1 saturated carbocycles. The predicted octanol–water partition coefficient (Wildman–Crippen LogP) is 2.11. The van der Waals surface area contributed by atoms with E-state index in [1.807, 2.05) is 0 Å². The first kappa shape index (κ1) is 11.4. The van der Waals surface area contributed by atoms with E-state index in [1.165, 1.54) is 51.9 Å². The van der Waals surface area contributed by atoms with Gasteiger partial charge in [0.25, 0.3) is 0 Å². The average molecular weight is 210 g/mol. The summed E-state index contributed by atoms with van der Waals surface area (Å²) in [6.07, 6.45) is 5.68. The normalized spacial score (nSPS) is 33.2. The lowest BCUT2D eigenvalue weighted by Gasteiger charge is -2.37. The lowest BCUT2D eigenvalue weighted by molar-refractivity contribution is 0.144. The summed E-state index contributed by atoms with van der Waals surface area (Å²) >= 11 is 0. The molecule has 0 amide bonds. The highest BCUT2D eigenvalue weighted by Gasteiger charge is 2.27. The van der Waals surface area contributed by atoms with Crippen molar-refractivity contribution >= 4 is 0 Å². The molecule has 0 aromatic heterocycles. The van der Waals surface area contributed by atoms with Crippen LogP contribution >= 0.6 is 0 Å². The third-order valence-electron chi connectivity index (χ3n) is 4.03. The molecule has 0 aromatic carbocycles. The van der Waals surface area contributed by atoms with Crippen molar-refractivity contribution in [1.29, 1.82) is 0 Å². The smallest absolute Gasteiger partial charge is 0.0198 e. The van der Waals surface area contributed by atoms with Gasteiger partial charge < -0.3 is 10.2 Å². The Balaban J connectivity index is 1.75. The molecule has 2 nitrogen and oxygen atoms in total. The van der Waals surface area contributed by atoms with Crippen molar-refractivity contribution < 1.29 is 0 Å². The topological polar surface area (TPSA) is 15.3 Å². The van der Waals surface area contributed by atoms with Crippen LogP contribution in [0.3, 0.4) is 0 Å². The summed E-state index contributed by atoms with van der Waals surface area (Å²) in [5, 5.41) is 3.77. The van der Waals surface area contributed by atoms with Crippen molar-refractivity contribution in [3.05, 3.63) is 0 Å². The molecule has 0 radical (unpaired) electrons. The van der Waals surface area contributed by atoms with Crippen LogP contribution in [-0.4, -0.2) is 37.1 Å². The van der Waals surface area contributed by atoms with Gasteiger partial charge in [-0.15, -0.1) is 0 Å². The molecule has 1 aliphatic carbocycles. The summed E-state index contributed by atoms with van der Waals surface area (Å²) in [6, 6.07) is 0.768. The number of likely N-dealkylation sites (tertiary alicyclic amines) is 1. The molecule has 2 rings (SSSR count). The van der Waals surface area contributed by atoms with E-state index in [0.29, 0.717) is 0 Å². The molecule has 1 N–H and O–H groups in total. The van der Waals surface area contributed by atoms with Crippen LogP contribution in [0.2, 0.25) is 0 Å². The van der Waals surface area contributed by atoms with Gasteiger partial charge in [0.2, 0.25) is 0 Å². The van der Waals surface area contributed by atoms with Gasteiger partial charge >= 0.3 is 0 Å². The molecule has 1 aliphatic heterocycles. The maximum atomic E-state index is 3.77. The molecule has 15 heavy (non-hydrogen) atoms. The molecular formula is C13H26N2. The van der Waals surface area contributed by atoms with E-state index in [4.69, 9.17) is 0 Å². The summed E-state index contributed by atoms with van der Waals surface area (Å²) in [5.41, 5.74) is 0. The van der Waals surface area contributed by atoms with Crippen LogP contribution in [0.4, 0.5) is 0 Å². The molecule has 0 bridgehead atoms. The number of nitrogens with one attached hydrogen (secondary N) is 1. The van der Waals surface area contributed by atoms with Gasteiger partial charge in [0.1, 0.15) is 0 Å². The standard InChI is InChI=1S/C13H26N2/c1-3-11-7-13(10-15(4-2)9-11)14-8-12-5-6-12/h11-14H,3-10H2,1-2H3. The quantitative estimate of drug-likeness (QED) is 0.747. The van der Waals surface area contributed by atoms with E-state index < -0.39 is 0 Å². The Hall–Kier alpha value is -0.0800. The number of hydrogen-bond donors (Lipinski definition) is 1. The van der Waals surface area contributed by atoms with E-state index in [-0.39, 0.29) is 0 Å². The predicted molar refractivity (Wildman–Crippen MR) is 65.0 cm³/mol. The van der Waals surface area contributed by atoms with Crippen molar-refractivity contribution in [3.8, 4) is 0 Å². The second kappa shape index (κ2) is 5.31. The Bertz CT molecular complexity index is 177. The minimum absolute atomic E-state index is 0.768. The number of likely N-dealkylation sites (N-methyl/N-ethyl adjacent to an activating group) is 1. The Labute approximate surface area is 94.4 Å². The fourth-order valence-corrected chi connectivity index (χ4v) is 2.66. The van der Waals surface area contributed by atoms with Gasteiger partial charge in [-0.05, 0) is 44.2 Å². The highest BCUT2D eigenvalue weighted by Crippen LogP contribution is 2.28. The average Bonchev–Trinajstić information content (AvgIpc) is 3.09. The lowest BCUT2D eigenvalue weighted by atomic mass is 9.92.